The average Bonchev–Trinajstić information content (AvgIpc) is 3.35. The first-order valence-electron chi connectivity index (χ1n) is 13.2. The van der Waals surface area contributed by atoms with Gasteiger partial charge >= 0.3 is 12.2 Å². The van der Waals surface area contributed by atoms with E-state index in [4.69, 9.17) is 14.5 Å². The number of ether oxygens (including phenoxy) is 2. The number of carbonyl (C=O) groups excluding carboxylic acids is 1. The number of rotatable bonds is 7. The van der Waals surface area contributed by atoms with Crippen LogP contribution < -0.4 is 15.5 Å². The molecule has 3 saturated heterocycles. The second-order valence-electron chi connectivity index (χ2n) is 10.6. The number of likely N-dealkylation sites (tertiary alicyclic amines) is 1. The van der Waals surface area contributed by atoms with Gasteiger partial charge in [0.15, 0.2) is 0 Å². The Morgan fingerprint density at radius 1 is 1.15 bits per heavy atom. The van der Waals surface area contributed by atoms with E-state index in [9.17, 15) is 23.1 Å². The van der Waals surface area contributed by atoms with Crippen molar-refractivity contribution >= 4 is 23.4 Å². The van der Waals surface area contributed by atoms with Crippen molar-refractivity contribution in [2.45, 2.75) is 31.5 Å². The van der Waals surface area contributed by atoms with Gasteiger partial charge in [-0.15, -0.1) is 0 Å². The van der Waals surface area contributed by atoms with Gasteiger partial charge in [-0.3, -0.25) is 0 Å². The number of nitrogens with one attached hydrogen (secondary N) is 2. The Kier molecular flexibility index (Phi) is 7.88. The number of carbonyl (C=O) groups is 1. The lowest BCUT2D eigenvalue weighted by Gasteiger charge is -2.36. The van der Waals surface area contributed by atoms with E-state index in [2.05, 4.69) is 15.5 Å². The number of benzene rings is 1. The number of amides is 2. The molecule has 3 fully saturated rings. The Balaban J connectivity index is 1.35. The summed E-state index contributed by atoms with van der Waals surface area (Å²) in [5.41, 5.74) is 2.38. The lowest BCUT2D eigenvalue weighted by atomic mass is 9.99. The van der Waals surface area contributed by atoms with Crippen LogP contribution in [0.2, 0.25) is 0 Å². The highest BCUT2D eigenvalue weighted by Gasteiger charge is 2.37. The van der Waals surface area contributed by atoms with E-state index < -0.39 is 30.1 Å². The van der Waals surface area contributed by atoms with Crippen LogP contribution in [-0.4, -0.2) is 92.0 Å². The number of morpholine rings is 1. The molecule has 0 unspecified atom stereocenters. The van der Waals surface area contributed by atoms with Crippen LogP contribution in [0.3, 0.4) is 0 Å². The summed E-state index contributed by atoms with van der Waals surface area (Å²) in [5, 5.41) is 16.6. The molecule has 1 atom stereocenters. The molecule has 0 aliphatic carbocycles. The van der Waals surface area contributed by atoms with E-state index in [0.717, 1.165) is 22.5 Å². The van der Waals surface area contributed by atoms with E-state index in [1.54, 1.807) is 6.07 Å². The predicted molar refractivity (Wildman–Crippen MR) is 141 cm³/mol. The molecule has 2 aromatic rings. The lowest BCUT2D eigenvalue weighted by molar-refractivity contribution is -0.168. The van der Waals surface area contributed by atoms with Crippen LogP contribution in [0.1, 0.15) is 18.4 Å². The smallest absolute Gasteiger partial charge is 0.383 e. The number of hydrogen-bond donors (Lipinski definition) is 3. The van der Waals surface area contributed by atoms with Gasteiger partial charge < -0.3 is 35.0 Å². The third kappa shape index (κ3) is 6.92. The molecule has 1 aromatic carbocycles. The quantitative estimate of drug-likeness (QED) is 0.482. The maximum Gasteiger partial charge on any atom is 0.389 e. The molecule has 4 heterocycles. The number of alkyl halides is 3. The van der Waals surface area contributed by atoms with Gasteiger partial charge in [0.05, 0.1) is 26.4 Å². The largest absolute Gasteiger partial charge is 0.389 e. The number of anilines is 3. The molecule has 0 bridgehead atoms. The van der Waals surface area contributed by atoms with Crippen molar-refractivity contribution in [1.29, 1.82) is 0 Å². The first-order chi connectivity index (χ1) is 18.6. The monoisotopic (exact) mass is 549 g/mol. The minimum atomic E-state index is -4.23. The van der Waals surface area contributed by atoms with Crippen molar-refractivity contribution in [2.75, 3.05) is 74.7 Å². The van der Waals surface area contributed by atoms with Gasteiger partial charge in [0.2, 0.25) is 0 Å². The Bertz CT molecular complexity index is 1180. The third-order valence-electron chi connectivity index (χ3n) is 7.38. The van der Waals surface area contributed by atoms with Crippen LogP contribution in [0.5, 0.6) is 0 Å². The summed E-state index contributed by atoms with van der Waals surface area (Å²) >= 11 is 0. The summed E-state index contributed by atoms with van der Waals surface area (Å²) in [6, 6.07) is 9.05. The summed E-state index contributed by atoms with van der Waals surface area (Å²) < 4.78 is 49.0. The minimum Gasteiger partial charge on any atom is -0.383 e. The Morgan fingerprint density at radius 2 is 1.92 bits per heavy atom. The molecule has 0 radical (unpaired) electrons. The van der Waals surface area contributed by atoms with Crippen molar-refractivity contribution in [3.8, 4) is 11.1 Å². The van der Waals surface area contributed by atoms with Crippen molar-refractivity contribution in [2.24, 2.45) is 5.92 Å². The lowest BCUT2D eigenvalue weighted by Crippen LogP contribution is -2.54. The number of aromatic nitrogens is 1. The van der Waals surface area contributed by atoms with Gasteiger partial charge in [-0.1, -0.05) is 6.07 Å². The number of urea groups is 1. The molecule has 9 nitrogen and oxygen atoms in total. The predicted octanol–water partition coefficient (Wildman–Crippen LogP) is 3.87. The molecule has 0 spiro atoms. The number of halogens is 3. The summed E-state index contributed by atoms with van der Waals surface area (Å²) in [6.07, 6.45) is -4.77. The molecular weight excluding hydrogens is 515 g/mol. The maximum atomic E-state index is 12.8. The van der Waals surface area contributed by atoms with Crippen LogP contribution in [0.4, 0.5) is 35.3 Å². The standard InChI is InChI=1S/C27H34F3N5O4/c1-18-2-3-21(32-25(36)35-5-4-19(14-35)13-27(28,29)30)12-22(18)20-10-23(31-15-26(37)16-39-17-26)33-24(11-20)34-6-8-38-9-7-34/h2-3,10-12,19,37H,4-9,13-17H2,1H3,(H,31,33)(H,32,36)/t19-/m0/s1. The van der Waals surface area contributed by atoms with Gasteiger partial charge in [-0.05, 0) is 60.2 Å². The zero-order chi connectivity index (χ0) is 27.6. The molecule has 3 aliphatic rings. The summed E-state index contributed by atoms with van der Waals surface area (Å²) in [5.74, 6) is 0.808. The third-order valence-corrected chi connectivity index (χ3v) is 7.38. The number of pyridine rings is 1. The van der Waals surface area contributed by atoms with Crippen molar-refractivity contribution in [3.63, 3.8) is 0 Å². The summed E-state index contributed by atoms with van der Waals surface area (Å²) in [6.45, 7) is 5.80. The highest BCUT2D eigenvalue weighted by Crippen LogP contribution is 2.33. The molecule has 2 amide bonds. The first-order valence-corrected chi connectivity index (χ1v) is 13.2. The summed E-state index contributed by atoms with van der Waals surface area (Å²) in [7, 11) is 0. The topological polar surface area (TPSA) is 99.2 Å². The Labute approximate surface area is 225 Å². The average molecular weight is 550 g/mol. The number of nitrogens with zero attached hydrogens (tertiary/aromatic N) is 3. The Morgan fingerprint density at radius 3 is 2.62 bits per heavy atom. The van der Waals surface area contributed by atoms with E-state index >= 15 is 0 Å². The van der Waals surface area contributed by atoms with E-state index in [0.29, 0.717) is 57.3 Å². The van der Waals surface area contributed by atoms with Gasteiger partial charge in [0.1, 0.15) is 17.2 Å². The normalized spacial score (nSPS) is 21.0. The molecule has 3 N–H and O–H groups in total. The molecule has 5 rings (SSSR count). The van der Waals surface area contributed by atoms with Crippen molar-refractivity contribution in [1.82, 2.24) is 9.88 Å². The minimum absolute atomic E-state index is 0.0870. The van der Waals surface area contributed by atoms with Crippen LogP contribution in [-0.2, 0) is 9.47 Å². The molecule has 39 heavy (non-hydrogen) atoms. The molecule has 1 aromatic heterocycles. The first kappa shape index (κ1) is 27.5. The molecule has 3 aliphatic heterocycles. The fourth-order valence-corrected chi connectivity index (χ4v) is 5.14. The SMILES string of the molecule is Cc1ccc(NC(=O)N2CC[C@@H](CC(F)(F)F)C2)cc1-c1cc(NCC2(O)COC2)nc(N2CCOCC2)c1. The fourth-order valence-electron chi connectivity index (χ4n) is 5.14. The second-order valence-corrected chi connectivity index (χ2v) is 10.6. The highest BCUT2D eigenvalue weighted by atomic mass is 19.4. The van der Waals surface area contributed by atoms with Crippen LogP contribution >= 0.6 is 0 Å². The van der Waals surface area contributed by atoms with Gasteiger partial charge in [0, 0.05) is 44.8 Å². The van der Waals surface area contributed by atoms with Crippen LogP contribution in [0.15, 0.2) is 30.3 Å². The van der Waals surface area contributed by atoms with Crippen LogP contribution in [0.25, 0.3) is 11.1 Å². The molecule has 12 heteroatoms. The number of aliphatic hydroxyl groups is 1. The Hall–Kier alpha value is -3.09. The number of hydrogen-bond acceptors (Lipinski definition) is 7. The van der Waals surface area contributed by atoms with Crippen molar-refractivity contribution in [3.05, 3.63) is 35.9 Å². The zero-order valence-corrected chi connectivity index (χ0v) is 21.9. The highest BCUT2D eigenvalue weighted by molar-refractivity contribution is 5.91. The van der Waals surface area contributed by atoms with Gasteiger partial charge in [0.25, 0.3) is 0 Å². The summed E-state index contributed by atoms with van der Waals surface area (Å²) in [4.78, 5) is 21.2. The van der Waals surface area contributed by atoms with Gasteiger partial charge in [-0.25, -0.2) is 9.78 Å². The van der Waals surface area contributed by atoms with Gasteiger partial charge in [-0.2, -0.15) is 13.2 Å². The van der Waals surface area contributed by atoms with E-state index in [1.165, 1.54) is 4.90 Å². The molecule has 0 saturated carbocycles. The zero-order valence-electron chi connectivity index (χ0n) is 21.9. The molecule has 212 valence electrons. The fraction of sp³-hybridized carbons (Fsp3) is 0.556. The second kappa shape index (κ2) is 11.2. The van der Waals surface area contributed by atoms with Crippen LogP contribution in [0, 0.1) is 12.8 Å². The van der Waals surface area contributed by atoms with Crippen molar-refractivity contribution < 1.29 is 32.5 Å². The number of aryl methyl sites for hydroxylation is 1. The maximum absolute atomic E-state index is 12.8. The van der Waals surface area contributed by atoms with E-state index in [-0.39, 0.29) is 19.8 Å². The molecular formula is C27H34F3N5O4. The van der Waals surface area contributed by atoms with E-state index in [1.807, 2.05) is 31.2 Å².